The fourth-order valence-electron chi connectivity index (χ4n) is 2.19. The number of rotatable bonds is 3. The van der Waals surface area contributed by atoms with Gasteiger partial charge in [0.2, 0.25) is 0 Å². The van der Waals surface area contributed by atoms with E-state index in [1.807, 2.05) is 0 Å². The lowest BCUT2D eigenvalue weighted by Crippen LogP contribution is -2.29. The average Bonchev–Trinajstić information content (AvgIpc) is 2.94. The van der Waals surface area contributed by atoms with Gasteiger partial charge >= 0.3 is 0 Å². The Morgan fingerprint density at radius 2 is 2.21 bits per heavy atom. The minimum Gasteiger partial charge on any atom is -0.380 e. The molecule has 0 saturated carbocycles. The largest absolute Gasteiger partial charge is 0.380 e. The highest BCUT2D eigenvalue weighted by Crippen LogP contribution is 2.17. The van der Waals surface area contributed by atoms with Crippen LogP contribution in [0.3, 0.4) is 0 Å². The number of carbonyl (C=O) groups is 1. The fourth-order valence-corrected chi connectivity index (χ4v) is 2.19. The number of hydrogen-bond acceptors (Lipinski definition) is 3. The smallest absolute Gasteiger partial charge is 0.253 e. The maximum Gasteiger partial charge on any atom is 0.253 e. The van der Waals surface area contributed by atoms with Crippen molar-refractivity contribution in [2.75, 3.05) is 20.2 Å². The van der Waals surface area contributed by atoms with Gasteiger partial charge in [0.15, 0.2) is 0 Å². The summed E-state index contributed by atoms with van der Waals surface area (Å²) in [6.45, 7) is 1.34. The van der Waals surface area contributed by atoms with Crippen LogP contribution in [0.1, 0.15) is 28.4 Å². The number of aliphatic hydroxyl groups is 1. The van der Waals surface area contributed by atoms with Crippen molar-refractivity contribution >= 4 is 5.91 Å². The summed E-state index contributed by atoms with van der Waals surface area (Å²) in [6.07, 6.45) is 5.22. The van der Waals surface area contributed by atoms with Crippen molar-refractivity contribution in [3.05, 3.63) is 35.4 Å². The zero-order chi connectivity index (χ0) is 13.8. The summed E-state index contributed by atoms with van der Waals surface area (Å²) in [5, 5.41) is 9.49. The molecule has 100 valence electrons. The Balaban J connectivity index is 2.06. The summed E-state index contributed by atoms with van der Waals surface area (Å²) in [5.74, 6) is 2.23. The molecule has 2 unspecified atom stereocenters. The number of amides is 1. The SMILES string of the molecule is C#CC(O)c1ccc(C(=O)N2CCC(OC)C2)cc1. The van der Waals surface area contributed by atoms with Gasteiger partial charge in [-0.2, -0.15) is 0 Å². The Hall–Kier alpha value is -1.83. The third-order valence-electron chi connectivity index (χ3n) is 3.40. The van der Waals surface area contributed by atoms with Gasteiger partial charge in [-0.05, 0) is 24.1 Å². The van der Waals surface area contributed by atoms with Crippen molar-refractivity contribution in [2.45, 2.75) is 18.6 Å². The van der Waals surface area contributed by atoms with E-state index in [9.17, 15) is 9.90 Å². The van der Waals surface area contributed by atoms with Gasteiger partial charge in [0, 0.05) is 25.8 Å². The maximum absolute atomic E-state index is 12.2. The van der Waals surface area contributed by atoms with Gasteiger partial charge in [-0.15, -0.1) is 6.42 Å². The van der Waals surface area contributed by atoms with E-state index < -0.39 is 6.10 Å². The van der Waals surface area contributed by atoms with Crippen molar-refractivity contribution in [2.24, 2.45) is 0 Å². The number of ether oxygens (including phenoxy) is 1. The number of carbonyl (C=O) groups excluding carboxylic acids is 1. The van der Waals surface area contributed by atoms with Gasteiger partial charge < -0.3 is 14.7 Å². The van der Waals surface area contributed by atoms with Crippen LogP contribution in [0.5, 0.6) is 0 Å². The van der Waals surface area contributed by atoms with Crippen LogP contribution in [0, 0.1) is 12.3 Å². The van der Waals surface area contributed by atoms with Gasteiger partial charge in [-0.25, -0.2) is 0 Å². The minimum absolute atomic E-state index is 0.0127. The molecule has 4 nitrogen and oxygen atoms in total. The van der Waals surface area contributed by atoms with Crippen LogP contribution in [0.25, 0.3) is 0 Å². The zero-order valence-corrected chi connectivity index (χ0v) is 10.9. The standard InChI is InChI=1S/C15H17NO3/c1-3-14(17)11-4-6-12(7-5-11)15(18)16-9-8-13(10-16)19-2/h1,4-7,13-14,17H,8-10H2,2H3. The van der Waals surface area contributed by atoms with Crippen molar-refractivity contribution in [1.29, 1.82) is 0 Å². The van der Waals surface area contributed by atoms with Crippen molar-refractivity contribution in [1.82, 2.24) is 4.90 Å². The monoisotopic (exact) mass is 259 g/mol. The summed E-state index contributed by atoms with van der Waals surface area (Å²) in [7, 11) is 1.66. The second-order valence-corrected chi connectivity index (χ2v) is 4.59. The van der Waals surface area contributed by atoms with Gasteiger partial charge in [-0.3, -0.25) is 4.79 Å². The normalized spacial score (nSPS) is 20.1. The molecule has 0 bridgehead atoms. The third-order valence-corrected chi connectivity index (χ3v) is 3.40. The molecule has 1 heterocycles. The van der Waals surface area contributed by atoms with E-state index in [1.54, 1.807) is 36.3 Å². The average molecular weight is 259 g/mol. The Kier molecular flexibility index (Phi) is 4.20. The molecule has 2 atom stereocenters. The predicted octanol–water partition coefficient (Wildman–Crippen LogP) is 1.21. The molecule has 4 heteroatoms. The van der Waals surface area contributed by atoms with E-state index in [0.29, 0.717) is 24.2 Å². The summed E-state index contributed by atoms with van der Waals surface area (Å²) in [5.41, 5.74) is 1.22. The summed E-state index contributed by atoms with van der Waals surface area (Å²) >= 11 is 0. The van der Waals surface area contributed by atoms with Crippen LogP contribution in [0.2, 0.25) is 0 Å². The number of likely N-dealkylation sites (tertiary alicyclic amines) is 1. The molecule has 2 rings (SSSR count). The van der Waals surface area contributed by atoms with Crippen molar-refractivity contribution < 1.29 is 14.6 Å². The number of methoxy groups -OCH3 is 1. The molecule has 1 saturated heterocycles. The first-order chi connectivity index (χ1) is 9.15. The van der Waals surface area contributed by atoms with E-state index in [-0.39, 0.29) is 12.0 Å². The molecule has 0 spiro atoms. The number of hydrogen-bond donors (Lipinski definition) is 1. The molecule has 1 aliphatic rings. The van der Waals surface area contributed by atoms with Gasteiger partial charge in [-0.1, -0.05) is 18.1 Å². The fraction of sp³-hybridized carbons (Fsp3) is 0.400. The van der Waals surface area contributed by atoms with E-state index in [1.165, 1.54) is 0 Å². The molecule has 1 aliphatic heterocycles. The summed E-state index contributed by atoms with van der Waals surface area (Å²) in [6, 6.07) is 6.75. The van der Waals surface area contributed by atoms with Gasteiger partial charge in [0.1, 0.15) is 6.10 Å². The number of terminal acetylenes is 1. The van der Waals surface area contributed by atoms with E-state index in [4.69, 9.17) is 11.2 Å². The quantitative estimate of drug-likeness (QED) is 0.830. The molecule has 0 aromatic heterocycles. The van der Waals surface area contributed by atoms with Crippen molar-refractivity contribution in [3.8, 4) is 12.3 Å². The molecule has 0 aliphatic carbocycles. The topological polar surface area (TPSA) is 49.8 Å². The first-order valence-corrected chi connectivity index (χ1v) is 6.22. The Labute approximate surface area is 113 Å². The first-order valence-electron chi connectivity index (χ1n) is 6.22. The van der Waals surface area contributed by atoms with Crippen LogP contribution in [-0.2, 0) is 4.74 Å². The molecule has 1 aromatic rings. The van der Waals surface area contributed by atoms with Crippen LogP contribution >= 0.6 is 0 Å². The molecular weight excluding hydrogens is 242 g/mol. The highest BCUT2D eigenvalue weighted by Gasteiger charge is 2.26. The third kappa shape index (κ3) is 2.95. The lowest BCUT2D eigenvalue weighted by molar-refractivity contribution is 0.0724. The van der Waals surface area contributed by atoms with Crippen LogP contribution in [0.4, 0.5) is 0 Å². The second kappa shape index (κ2) is 5.87. The van der Waals surface area contributed by atoms with E-state index in [2.05, 4.69) is 5.92 Å². The number of nitrogens with zero attached hydrogens (tertiary/aromatic N) is 1. The molecule has 19 heavy (non-hydrogen) atoms. The predicted molar refractivity (Wildman–Crippen MR) is 71.6 cm³/mol. The van der Waals surface area contributed by atoms with Gasteiger partial charge in [0.05, 0.1) is 6.10 Å². The van der Waals surface area contributed by atoms with E-state index in [0.717, 1.165) is 6.42 Å². The molecule has 1 fully saturated rings. The molecule has 1 amide bonds. The molecular formula is C15H17NO3. The zero-order valence-electron chi connectivity index (χ0n) is 10.9. The molecule has 0 radical (unpaired) electrons. The van der Waals surface area contributed by atoms with Crippen LogP contribution in [-0.4, -0.2) is 42.2 Å². The van der Waals surface area contributed by atoms with Crippen LogP contribution < -0.4 is 0 Å². The first kappa shape index (κ1) is 13.6. The summed E-state index contributed by atoms with van der Waals surface area (Å²) < 4.78 is 5.24. The molecule has 1 aromatic carbocycles. The summed E-state index contributed by atoms with van der Waals surface area (Å²) in [4.78, 5) is 14.0. The molecule has 1 N–H and O–H groups in total. The lowest BCUT2D eigenvalue weighted by atomic mass is 10.1. The van der Waals surface area contributed by atoms with Crippen LogP contribution in [0.15, 0.2) is 24.3 Å². The Bertz CT molecular complexity index is 489. The maximum atomic E-state index is 12.2. The highest BCUT2D eigenvalue weighted by atomic mass is 16.5. The van der Waals surface area contributed by atoms with Crippen molar-refractivity contribution in [3.63, 3.8) is 0 Å². The second-order valence-electron chi connectivity index (χ2n) is 4.59. The minimum atomic E-state index is -0.922. The van der Waals surface area contributed by atoms with Gasteiger partial charge in [0.25, 0.3) is 5.91 Å². The number of aliphatic hydroxyl groups excluding tert-OH is 1. The number of benzene rings is 1. The van der Waals surface area contributed by atoms with E-state index >= 15 is 0 Å². The lowest BCUT2D eigenvalue weighted by Gasteiger charge is -2.16. The Morgan fingerprint density at radius 1 is 1.53 bits per heavy atom. The highest BCUT2D eigenvalue weighted by molar-refractivity contribution is 5.94. The Morgan fingerprint density at radius 3 is 2.74 bits per heavy atom.